The van der Waals surface area contributed by atoms with Crippen molar-refractivity contribution in [3.8, 4) is 5.75 Å². The molecule has 0 radical (unpaired) electrons. The molecule has 1 aromatic carbocycles. The van der Waals surface area contributed by atoms with Crippen molar-refractivity contribution in [1.29, 1.82) is 0 Å². The highest BCUT2D eigenvalue weighted by atomic mass is 79.9. The summed E-state index contributed by atoms with van der Waals surface area (Å²) in [5.74, 6) is -0.216. The van der Waals surface area contributed by atoms with Crippen LogP contribution >= 0.6 is 15.9 Å². The van der Waals surface area contributed by atoms with E-state index < -0.39 is 6.10 Å². The molecule has 0 saturated carbocycles. The molecule has 6 heteroatoms. The third kappa shape index (κ3) is 4.27. The first-order valence-corrected chi connectivity index (χ1v) is 6.35. The summed E-state index contributed by atoms with van der Waals surface area (Å²) in [5.41, 5.74) is 5.41. The van der Waals surface area contributed by atoms with Crippen LogP contribution in [-0.2, 0) is 4.79 Å². The fourth-order valence-corrected chi connectivity index (χ4v) is 1.68. The molecule has 0 aromatic heterocycles. The Morgan fingerprint density at radius 2 is 2.22 bits per heavy atom. The van der Waals surface area contributed by atoms with Crippen LogP contribution < -0.4 is 15.8 Å². The summed E-state index contributed by atoms with van der Waals surface area (Å²) in [5, 5.41) is 2.70. The quantitative estimate of drug-likeness (QED) is 0.870. The highest BCUT2D eigenvalue weighted by molar-refractivity contribution is 9.10. The number of nitrogens with two attached hydrogens (primary N) is 1. The molecule has 0 spiro atoms. The minimum atomic E-state index is -0.680. The topological polar surface area (TPSA) is 64.3 Å². The highest BCUT2D eigenvalue weighted by Crippen LogP contribution is 2.26. The SMILES string of the molecule is CC(Oc1ccc(F)cc1Br)C(=O)N[C@@H](C)CN. The fraction of sp³-hybridized carbons (Fsp3) is 0.417. The van der Waals surface area contributed by atoms with Gasteiger partial charge in [0, 0.05) is 12.6 Å². The number of carbonyl (C=O) groups excluding carboxylic acids is 1. The molecule has 18 heavy (non-hydrogen) atoms. The van der Waals surface area contributed by atoms with Crippen LogP contribution in [0, 0.1) is 5.82 Å². The zero-order valence-corrected chi connectivity index (χ0v) is 11.8. The van der Waals surface area contributed by atoms with E-state index >= 15 is 0 Å². The largest absolute Gasteiger partial charge is 0.480 e. The van der Waals surface area contributed by atoms with Gasteiger partial charge in [-0.3, -0.25) is 4.79 Å². The first-order chi connectivity index (χ1) is 8.43. The van der Waals surface area contributed by atoms with E-state index in [0.29, 0.717) is 16.8 Å². The Kier molecular flexibility index (Phi) is 5.55. The van der Waals surface area contributed by atoms with Crippen LogP contribution in [0.25, 0.3) is 0 Å². The van der Waals surface area contributed by atoms with Crippen molar-refractivity contribution in [3.63, 3.8) is 0 Å². The fourth-order valence-electron chi connectivity index (χ4n) is 1.23. The molecule has 0 bridgehead atoms. The monoisotopic (exact) mass is 318 g/mol. The number of benzene rings is 1. The Bertz CT molecular complexity index is 429. The molecule has 1 unspecified atom stereocenters. The normalized spacial score (nSPS) is 13.8. The summed E-state index contributed by atoms with van der Waals surface area (Å²) >= 11 is 3.17. The van der Waals surface area contributed by atoms with Gasteiger partial charge in [-0.25, -0.2) is 4.39 Å². The molecule has 4 nitrogen and oxygen atoms in total. The molecule has 0 aliphatic heterocycles. The first kappa shape index (κ1) is 14.9. The second kappa shape index (κ2) is 6.70. The number of ether oxygens (including phenoxy) is 1. The Balaban J connectivity index is 2.63. The number of hydrogen-bond acceptors (Lipinski definition) is 3. The van der Waals surface area contributed by atoms with Gasteiger partial charge in [-0.1, -0.05) is 0 Å². The van der Waals surface area contributed by atoms with Gasteiger partial charge in [0.2, 0.25) is 0 Å². The van der Waals surface area contributed by atoms with Crippen molar-refractivity contribution in [2.24, 2.45) is 5.73 Å². The number of nitrogens with one attached hydrogen (secondary N) is 1. The maximum absolute atomic E-state index is 12.9. The molecule has 1 aromatic rings. The summed E-state index contributed by atoms with van der Waals surface area (Å²) in [6.07, 6.45) is -0.680. The van der Waals surface area contributed by atoms with E-state index in [1.54, 1.807) is 13.8 Å². The van der Waals surface area contributed by atoms with Gasteiger partial charge >= 0.3 is 0 Å². The molecular weight excluding hydrogens is 303 g/mol. The van der Waals surface area contributed by atoms with E-state index in [1.807, 2.05) is 0 Å². The van der Waals surface area contributed by atoms with Gasteiger partial charge in [0.15, 0.2) is 6.10 Å². The van der Waals surface area contributed by atoms with E-state index in [-0.39, 0.29) is 17.8 Å². The van der Waals surface area contributed by atoms with Crippen LogP contribution in [0.15, 0.2) is 22.7 Å². The minimum Gasteiger partial charge on any atom is -0.480 e. The van der Waals surface area contributed by atoms with Gasteiger partial charge in [-0.2, -0.15) is 0 Å². The number of amides is 1. The molecule has 0 fully saturated rings. The molecule has 100 valence electrons. The van der Waals surface area contributed by atoms with Crippen LogP contribution in [0.1, 0.15) is 13.8 Å². The van der Waals surface area contributed by atoms with Crippen molar-refractivity contribution in [2.75, 3.05) is 6.54 Å². The average Bonchev–Trinajstić information content (AvgIpc) is 2.32. The van der Waals surface area contributed by atoms with E-state index in [2.05, 4.69) is 21.2 Å². The zero-order chi connectivity index (χ0) is 13.7. The lowest BCUT2D eigenvalue weighted by Gasteiger charge is -2.18. The lowest BCUT2D eigenvalue weighted by molar-refractivity contribution is -0.127. The number of rotatable bonds is 5. The standard InChI is InChI=1S/C12H16BrFN2O2/c1-7(6-15)16-12(17)8(2)18-11-4-3-9(14)5-10(11)13/h3-5,7-8H,6,15H2,1-2H3,(H,16,17)/t7-,8?/m0/s1. The number of carbonyl (C=O) groups is 1. The molecule has 0 aliphatic rings. The van der Waals surface area contributed by atoms with Crippen molar-refractivity contribution in [1.82, 2.24) is 5.32 Å². The summed E-state index contributed by atoms with van der Waals surface area (Å²) in [6, 6.07) is 3.91. The second-order valence-electron chi connectivity index (χ2n) is 3.98. The van der Waals surface area contributed by atoms with Gasteiger partial charge in [0.1, 0.15) is 11.6 Å². The van der Waals surface area contributed by atoms with Gasteiger partial charge in [-0.05, 0) is 48.0 Å². The molecule has 0 heterocycles. The number of halogens is 2. The van der Waals surface area contributed by atoms with Crippen LogP contribution in [0.3, 0.4) is 0 Å². The van der Waals surface area contributed by atoms with Crippen LogP contribution in [-0.4, -0.2) is 24.6 Å². The maximum Gasteiger partial charge on any atom is 0.261 e. The van der Waals surface area contributed by atoms with Gasteiger partial charge in [-0.15, -0.1) is 0 Å². The Labute approximate surface area is 114 Å². The van der Waals surface area contributed by atoms with Crippen molar-refractivity contribution in [3.05, 3.63) is 28.5 Å². The second-order valence-corrected chi connectivity index (χ2v) is 4.83. The highest BCUT2D eigenvalue weighted by Gasteiger charge is 2.17. The van der Waals surface area contributed by atoms with Crippen molar-refractivity contribution in [2.45, 2.75) is 26.0 Å². The van der Waals surface area contributed by atoms with E-state index in [0.717, 1.165) is 0 Å². The Hall–Kier alpha value is -1.14. The minimum absolute atomic E-state index is 0.111. The summed E-state index contributed by atoms with van der Waals surface area (Å²) in [6.45, 7) is 3.78. The zero-order valence-electron chi connectivity index (χ0n) is 10.2. The predicted octanol–water partition coefficient (Wildman–Crippen LogP) is 1.82. The predicted molar refractivity (Wildman–Crippen MR) is 70.8 cm³/mol. The molecule has 1 rings (SSSR count). The van der Waals surface area contributed by atoms with Crippen LogP contribution in [0.5, 0.6) is 5.75 Å². The smallest absolute Gasteiger partial charge is 0.261 e. The molecule has 2 atom stereocenters. The lowest BCUT2D eigenvalue weighted by Crippen LogP contribution is -2.44. The molecular formula is C12H16BrFN2O2. The molecule has 1 amide bonds. The molecule has 0 saturated heterocycles. The van der Waals surface area contributed by atoms with E-state index in [1.165, 1.54) is 18.2 Å². The van der Waals surface area contributed by atoms with Crippen LogP contribution in [0.4, 0.5) is 4.39 Å². The third-order valence-corrected chi connectivity index (χ3v) is 2.93. The Morgan fingerprint density at radius 3 is 2.78 bits per heavy atom. The third-order valence-electron chi connectivity index (χ3n) is 2.31. The number of hydrogen-bond donors (Lipinski definition) is 2. The van der Waals surface area contributed by atoms with Gasteiger partial charge < -0.3 is 15.8 Å². The van der Waals surface area contributed by atoms with E-state index in [4.69, 9.17) is 10.5 Å². The average molecular weight is 319 g/mol. The maximum atomic E-state index is 12.9. The van der Waals surface area contributed by atoms with Crippen LogP contribution in [0.2, 0.25) is 0 Å². The summed E-state index contributed by atoms with van der Waals surface area (Å²) in [4.78, 5) is 11.7. The summed E-state index contributed by atoms with van der Waals surface area (Å²) in [7, 11) is 0. The Morgan fingerprint density at radius 1 is 1.56 bits per heavy atom. The van der Waals surface area contributed by atoms with Crippen molar-refractivity contribution < 1.29 is 13.9 Å². The van der Waals surface area contributed by atoms with Crippen molar-refractivity contribution >= 4 is 21.8 Å². The lowest BCUT2D eigenvalue weighted by atomic mass is 10.3. The first-order valence-electron chi connectivity index (χ1n) is 5.56. The molecule has 3 N–H and O–H groups in total. The molecule has 0 aliphatic carbocycles. The van der Waals surface area contributed by atoms with Gasteiger partial charge in [0.05, 0.1) is 4.47 Å². The van der Waals surface area contributed by atoms with E-state index in [9.17, 15) is 9.18 Å². The van der Waals surface area contributed by atoms with Gasteiger partial charge in [0.25, 0.3) is 5.91 Å². The summed E-state index contributed by atoms with van der Waals surface area (Å²) < 4.78 is 18.8.